The molecule has 4 N–H and O–H groups in total. The van der Waals surface area contributed by atoms with E-state index in [0.717, 1.165) is 45.4 Å². The van der Waals surface area contributed by atoms with E-state index < -0.39 is 0 Å². The lowest BCUT2D eigenvalue weighted by Gasteiger charge is -2.12. The van der Waals surface area contributed by atoms with Crippen LogP contribution in [0.1, 0.15) is 19.4 Å². The van der Waals surface area contributed by atoms with Crippen LogP contribution in [0, 0.1) is 6.92 Å². The van der Waals surface area contributed by atoms with Crippen LogP contribution in [0.15, 0.2) is 47.3 Å². The van der Waals surface area contributed by atoms with Crippen LogP contribution < -0.4 is 16.4 Å². The number of nitrogens with one attached hydrogen (secondary N) is 2. The minimum atomic E-state index is 0.406. The monoisotopic (exact) mass is 324 g/mol. The second-order valence-corrected chi connectivity index (χ2v) is 5.87. The molecule has 0 atom stereocenters. The van der Waals surface area contributed by atoms with Gasteiger partial charge in [-0.05, 0) is 56.2 Å². The third-order valence-electron chi connectivity index (χ3n) is 3.98. The first-order valence-electron chi connectivity index (χ1n) is 7.86. The number of carbonyl (C=O) groups excluding carboxylic acids is 1. The molecule has 24 heavy (non-hydrogen) atoms. The standard InChI is InChI=1S/C19H24N4O/c1-12-7-17-16(18(20)8-12)5-6-22-19(17)23-10-15(11-24)13(2)9-14(3)21-4/h5-9,11,21H,10,20H2,1-4H3,(H,22,23)/b14-9-,15-13-. The molecule has 0 spiro atoms. The number of hydrogen-bond acceptors (Lipinski definition) is 5. The highest BCUT2D eigenvalue weighted by Crippen LogP contribution is 2.27. The van der Waals surface area contributed by atoms with Gasteiger partial charge in [-0.2, -0.15) is 0 Å². The van der Waals surface area contributed by atoms with Crippen molar-refractivity contribution in [3.8, 4) is 0 Å². The molecule has 0 amide bonds. The molecule has 0 saturated heterocycles. The van der Waals surface area contributed by atoms with Gasteiger partial charge in [-0.3, -0.25) is 4.79 Å². The number of nitrogens with zero attached hydrogens (tertiary/aromatic N) is 1. The van der Waals surface area contributed by atoms with E-state index in [-0.39, 0.29) is 0 Å². The van der Waals surface area contributed by atoms with Crippen molar-refractivity contribution in [1.29, 1.82) is 0 Å². The van der Waals surface area contributed by atoms with Crippen molar-refractivity contribution in [3.05, 3.63) is 52.9 Å². The van der Waals surface area contributed by atoms with Crippen LogP contribution >= 0.6 is 0 Å². The Morgan fingerprint density at radius 2 is 2.04 bits per heavy atom. The number of benzene rings is 1. The third kappa shape index (κ3) is 3.93. The van der Waals surface area contributed by atoms with Gasteiger partial charge in [-0.1, -0.05) is 0 Å². The number of hydrogen-bond donors (Lipinski definition) is 3. The maximum Gasteiger partial charge on any atom is 0.148 e. The van der Waals surface area contributed by atoms with E-state index in [9.17, 15) is 4.79 Å². The van der Waals surface area contributed by atoms with Crippen LogP contribution in [-0.2, 0) is 4.79 Å². The molecule has 0 aliphatic heterocycles. The number of nitrogens with two attached hydrogens (primary N) is 1. The molecular formula is C19H24N4O. The van der Waals surface area contributed by atoms with E-state index in [1.807, 2.05) is 52.1 Å². The van der Waals surface area contributed by atoms with Crippen LogP contribution in [0.5, 0.6) is 0 Å². The molecule has 5 heteroatoms. The number of allylic oxidation sites excluding steroid dienone is 3. The fraction of sp³-hybridized carbons (Fsp3) is 0.263. The van der Waals surface area contributed by atoms with E-state index in [0.29, 0.717) is 12.1 Å². The highest BCUT2D eigenvalue weighted by Gasteiger charge is 2.07. The predicted molar refractivity (Wildman–Crippen MR) is 101 cm³/mol. The lowest BCUT2D eigenvalue weighted by atomic mass is 10.1. The average Bonchev–Trinajstić information content (AvgIpc) is 2.55. The van der Waals surface area contributed by atoms with Crippen molar-refractivity contribution in [2.45, 2.75) is 20.8 Å². The number of fused-ring (bicyclic) bond motifs is 1. The Morgan fingerprint density at radius 3 is 2.71 bits per heavy atom. The van der Waals surface area contributed by atoms with Gasteiger partial charge in [0.15, 0.2) is 0 Å². The quantitative estimate of drug-likeness (QED) is 0.329. The number of rotatable bonds is 6. The third-order valence-corrected chi connectivity index (χ3v) is 3.98. The van der Waals surface area contributed by atoms with Gasteiger partial charge in [-0.15, -0.1) is 0 Å². The fourth-order valence-electron chi connectivity index (χ4n) is 2.55. The number of carbonyl (C=O) groups is 1. The van der Waals surface area contributed by atoms with Crippen molar-refractivity contribution in [1.82, 2.24) is 10.3 Å². The van der Waals surface area contributed by atoms with E-state index in [2.05, 4.69) is 15.6 Å². The predicted octanol–water partition coefficient (Wildman–Crippen LogP) is 3.18. The Kier molecular flexibility index (Phi) is 5.58. The Bertz CT molecular complexity index is 821. The van der Waals surface area contributed by atoms with Crippen LogP contribution in [0.4, 0.5) is 11.5 Å². The SMILES string of the molecule is CN/C(C)=C\C(C)=C(/C=O)CNc1nccc2c(N)cc(C)cc12. The summed E-state index contributed by atoms with van der Waals surface area (Å²) in [6, 6.07) is 5.89. The Balaban J connectivity index is 2.33. The van der Waals surface area contributed by atoms with E-state index >= 15 is 0 Å². The topological polar surface area (TPSA) is 80.0 Å². The van der Waals surface area contributed by atoms with Crippen molar-refractivity contribution in [3.63, 3.8) is 0 Å². The first-order chi connectivity index (χ1) is 11.5. The molecule has 2 aromatic rings. The summed E-state index contributed by atoms with van der Waals surface area (Å²) in [5, 5.41) is 8.22. The number of anilines is 2. The molecule has 1 aromatic carbocycles. The zero-order chi connectivity index (χ0) is 17.7. The summed E-state index contributed by atoms with van der Waals surface area (Å²) in [6.45, 7) is 6.28. The molecule has 0 fully saturated rings. The summed E-state index contributed by atoms with van der Waals surface area (Å²) < 4.78 is 0. The molecule has 5 nitrogen and oxygen atoms in total. The summed E-state index contributed by atoms with van der Waals surface area (Å²) in [4.78, 5) is 15.8. The van der Waals surface area contributed by atoms with Crippen molar-refractivity contribution in [2.75, 3.05) is 24.6 Å². The highest BCUT2D eigenvalue weighted by atomic mass is 16.1. The molecule has 1 heterocycles. The largest absolute Gasteiger partial charge is 0.398 e. The maximum atomic E-state index is 11.4. The van der Waals surface area contributed by atoms with Crippen molar-refractivity contribution >= 4 is 28.6 Å². The van der Waals surface area contributed by atoms with Gasteiger partial charge in [0.05, 0.1) is 0 Å². The normalized spacial score (nSPS) is 12.8. The second-order valence-electron chi connectivity index (χ2n) is 5.87. The van der Waals surface area contributed by atoms with Gasteiger partial charge in [0.25, 0.3) is 0 Å². The zero-order valence-corrected chi connectivity index (χ0v) is 14.6. The zero-order valence-electron chi connectivity index (χ0n) is 14.6. The molecule has 0 radical (unpaired) electrons. The van der Waals surface area contributed by atoms with Gasteiger partial charge in [0.1, 0.15) is 12.1 Å². The van der Waals surface area contributed by atoms with Crippen LogP contribution in [0.3, 0.4) is 0 Å². The summed E-state index contributed by atoms with van der Waals surface area (Å²) in [7, 11) is 1.85. The van der Waals surface area contributed by atoms with Gasteiger partial charge in [0, 0.05) is 47.5 Å². The minimum absolute atomic E-state index is 0.406. The summed E-state index contributed by atoms with van der Waals surface area (Å²) in [5.74, 6) is 0.726. The minimum Gasteiger partial charge on any atom is -0.398 e. The lowest BCUT2D eigenvalue weighted by Crippen LogP contribution is -2.10. The summed E-state index contributed by atoms with van der Waals surface area (Å²) in [5.41, 5.74) is 10.5. The molecule has 1 aromatic heterocycles. The van der Waals surface area contributed by atoms with Gasteiger partial charge in [-0.25, -0.2) is 4.98 Å². The smallest absolute Gasteiger partial charge is 0.148 e. The Labute approximate surface area is 142 Å². The molecule has 0 unspecified atom stereocenters. The summed E-state index contributed by atoms with van der Waals surface area (Å²) >= 11 is 0. The van der Waals surface area contributed by atoms with Crippen LogP contribution in [-0.4, -0.2) is 24.9 Å². The van der Waals surface area contributed by atoms with Gasteiger partial charge in [0.2, 0.25) is 0 Å². The average molecular weight is 324 g/mol. The van der Waals surface area contributed by atoms with E-state index in [1.54, 1.807) is 6.20 Å². The van der Waals surface area contributed by atoms with Gasteiger partial charge < -0.3 is 16.4 Å². The van der Waals surface area contributed by atoms with E-state index in [1.165, 1.54) is 0 Å². The van der Waals surface area contributed by atoms with Crippen molar-refractivity contribution in [2.24, 2.45) is 0 Å². The molecular weight excluding hydrogens is 300 g/mol. The molecule has 0 aliphatic carbocycles. The molecule has 0 aliphatic rings. The first-order valence-corrected chi connectivity index (χ1v) is 7.86. The Hall–Kier alpha value is -2.82. The molecule has 2 rings (SSSR count). The van der Waals surface area contributed by atoms with Crippen molar-refractivity contribution < 1.29 is 4.79 Å². The number of aldehydes is 1. The number of aromatic nitrogens is 1. The second kappa shape index (κ2) is 7.64. The van der Waals surface area contributed by atoms with Crippen LogP contribution in [0.2, 0.25) is 0 Å². The fourth-order valence-corrected chi connectivity index (χ4v) is 2.55. The Morgan fingerprint density at radius 1 is 1.29 bits per heavy atom. The maximum absolute atomic E-state index is 11.4. The molecule has 0 saturated carbocycles. The molecule has 126 valence electrons. The summed E-state index contributed by atoms with van der Waals surface area (Å²) in [6.07, 6.45) is 4.55. The van der Waals surface area contributed by atoms with Gasteiger partial charge >= 0.3 is 0 Å². The highest BCUT2D eigenvalue weighted by molar-refractivity contribution is 5.99. The number of nitrogen functional groups attached to an aromatic ring is 1. The number of pyridine rings is 1. The number of aryl methyl sites for hydroxylation is 1. The van der Waals surface area contributed by atoms with E-state index in [4.69, 9.17) is 5.73 Å². The van der Waals surface area contributed by atoms with Crippen LogP contribution in [0.25, 0.3) is 10.8 Å². The molecule has 0 bridgehead atoms. The lowest BCUT2D eigenvalue weighted by molar-refractivity contribution is -0.104. The first kappa shape index (κ1) is 17.5.